The van der Waals surface area contributed by atoms with Crippen LogP contribution in [0.15, 0.2) is 42.5 Å². The van der Waals surface area contributed by atoms with Crippen molar-refractivity contribution >= 4 is 11.6 Å². The van der Waals surface area contributed by atoms with Gasteiger partial charge in [-0.15, -0.1) is 0 Å². The fourth-order valence-electron chi connectivity index (χ4n) is 1.97. The first-order valence-corrected chi connectivity index (χ1v) is 7.19. The molecule has 0 aliphatic heterocycles. The van der Waals surface area contributed by atoms with Crippen LogP contribution in [0.1, 0.15) is 15.9 Å². The molecule has 132 valence electrons. The van der Waals surface area contributed by atoms with Gasteiger partial charge >= 0.3 is 6.18 Å². The number of rotatable bonds is 6. The number of halogens is 3. The van der Waals surface area contributed by atoms with E-state index in [4.69, 9.17) is 5.11 Å². The van der Waals surface area contributed by atoms with E-state index >= 15 is 0 Å². The van der Waals surface area contributed by atoms with E-state index in [1.807, 2.05) is 0 Å². The molecule has 24 heavy (non-hydrogen) atoms. The SMILES string of the molecule is C=C(/C=C(/c1ccc(C(=O)N(C)C)cc1)N(C)CCO)C(F)(F)F. The number of hydrogen-bond acceptors (Lipinski definition) is 3. The quantitative estimate of drug-likeness (QED) is 0.809. The van der Waals surface area contributed by atoms with Gasteiger partial charge in [-0.2, -0.15) is 13.2 Å². The molecule has 1 amide bonds. The van der Waals surface area contributed by atoms with Crippen molar-refractivity contribution in [2.45, 2.75) is 6.18 Å². The van der Waals surface area contributed by atoms with Crippen molar-refractivity contribution in [3.63, 3.8) is 0 Å². The first kappa shape index (κ1) is 19.8. The number of alkyl halides is 3. The normalized spacial score (nSPS) is 12.0. The zero-order chi connectivity index (χ0) is 18.5. The van der Waals surface area contributed by atoms with Gasteiger partial charge in [-0.1, -0.05) is 18.7 Å². The summed E-state index contributed by atoms with van der Waals surface area (Å²) >= 11 is 0. The van der Waals surface area contributed by atoms with Gasteiger partial charge in [-0.3, -0.25) is 4.79 Å². The molecule has 0 saturated heterocycles. The average Bonchev–Trinajstić information content (AvgIpc) is 2.51. The molecule has 0 aromatic heterocycles. The van der Waals surface area contributed by atoms with Gasteiger partial charge in [0.15, 0.2) is 0 Å². The Morgan fingerprint density at radius 3 is 2.08 bits per heavy atom. The van der Waals surface area contributed by atoms with E-state index in [1.54, 1.807) is 45.4 Å². The highest BCUT2D eigenvalue weighted by atomic mass is 19.4. The van der Waals surface area contributed by atoms with Crippen LogP contribution < -0.4 is 0 Å². The Hall–Kier alpha value is -2.28. The number of likely N-dealkylation sites (N-methyl/N-ethyl adjacent to an activating group) is 1. The highest BCUT2D eigenvalue weighted by Gasteiger charge is 2.31. The summed E-state index contributed by atoms with van der Waals surface area (Å²) in [5.41, 5.74) is 0.195. The Labute approximate surface area is 139 Å². The fourth-order valence-corrected chi connectivity index (χ4v) is 1.97. The molecule has 0 aliphatic carbocycles. The highest BCUT2D eigenvalue weighted by Crippen LogP contribution is 2.29. The van der Waals surface area contributed by atoms with E-state index in [1.165, 1.54) is 9.80 Å². The van der Waals surface area contributed by atoms with Crippen LogP contribution in [0.2, 0.25) is 0 Å². The Morgan fingerprint density at radius 2 is 1.67 bits per heavy atom. The van der Waals surface area contributed by atoms with E-state index in [0.29, 0.717) is 11.1 Å². The van der Waals surface area contributed by atoms with Crippen molar-refractivity contribution < 1.29 is 23.1 Å². The van der Waals surface area contributed by atoms with Crippen LogP contribution in [0.3, 0.4) is 0 Å². The van der Waals surface area contributed by atoms with Crippen LogP contribution in [0.5, 0.6) is 0 Å². The summed E-state index contributed by atoms with van der Waals surface area (Å²) in [6.45, 7) is 3.01. The van der Waals surface area contributed by atoms with Crippen LogP contribution in [-0.4, -0.2) is 61.3 Å². The molecular formula is C17H21F3N2O2. The fraction of sp³-hybridized carbons (Fsp3) is 0.353. The second-order valence-electron chi connectivity index (χ2n) is 5.47. The van der Waals surface area contributed by atoms with E-state index in [2.05, 4.69) is 6.58 Å². The van der Waals surface area contributed by atoms with Crippen molar-refractivity contribution in [3.05, 3.63) is 53.6 Å². The van der Waals surface area contributed by atoms with E-state index < -0.39 is 11.7 Å². The Bertz CT molecular complexity index is 620. The van der Waals surface area contributed by atoms with Crippen molar-refractivity contribution in [2.75, 3.05) is 34.3 Å². The standard InChI is InChI=1S/C17H21F3N2O2/c1-12(17(18,19)20)11-15(22(4)9-10-23)13-5-7-14(8-6-13)16(24)21(2)3/h5-8,11,23H,1,9-10H2,2-4H3/b15-11-. The molecule has 0 radical (unpaired) electrons. The maximum Gasteiger partial charge on any atom is 0.415 e. The molecule has 1 rings (SSSR count). The molecule has 1 N–H and O–H groups in total. The molecule has 0 saturated carbocycles. The lowest BCUT2D eigenvalue weighted by atomic mass is 10.1. The number of hydrogen-bond donors (Lipinski definition) is 1. The number of aliphatic hydroxyl groups excluding tert-OH is 1. The number of benzene rings is 1. The van der Waals surface area contributed by atoms with Crippen molar-refractivity contribution in [1.82, 2.24) is 9.80 Å². The minimum absolute atomic E-state index is 0.162. The van der Waals surface area contributed by atoms with Gasteiger partial charge in [0.2, 0.25) is 0 Å². The Kier molecular flexibility index (Phi) is 6.60. The van der Waals surface area contributed by atoms with Crippen LogP contribution in [0.4, 0.5) is 13.2 Å². The number of amides is 1. The molecule has 0 atom stereocenters. The van der Waals surface area contributed by atoms with E-state index in [0.717, 1.165) is 6.08 Å². The molecule has 0 unspecified atom stereocenters. The van der Waals surface area contributed by atoms with Crippen LogP contribution in [0.25, 0.3) is 5.70 Å². The third kappa shape index (κ3) is 5.13. The largest absolute Gasteiger partial charge is 0.415 e. The maximum absolute atomic E-state index is 12.8. The molecule has 0 aliphatic rings. The second-order valence-corrected chi connectivity index (χ2v) is 5.47. The lowest BCUT2D eigenvalue weighted by Gasteiger charge is -2.23. The van der Waals surface area contributed by atoms with Gasteiger partial charge in [-0.25, -0.2) is 0 Å². The third-order valence-electron chi connectivity index (χ3n) is 3.36. The molecule has 1 aromatic carbocycles. The summed E-state index contributed by atoms with van der Waals surface area (Å²) in [7, 11) is 4.80. The van der Waals surface area contributed by atoms with E-state index in [-0.39, 0.29) is 24.8 Å². The molecule has 0 spiro atoms. The first-order valence-electron chi connectivity index (χ1n) is 7.19. The predicted molar refractivity (Wildman–Crippen MR) is 87.3 cm³/mol. The Balaban J connectivity index is 3.23. The predicted octanol–water partition coefficient (Wildman–Crippen LogP) is 2.77. The van der Waals surface area contributed by atoms with Gasteiger partial charge < -0.3 is 14.9 Å². The van der Waals surface area contributed by atoms with Crippen molar-refractivity contribution in [3.8, 4) is 0 Å². The zero-order valence-electron chi connectivity index (χ0n) is 13.9. The summed E-state index contributed by atoms with van der Waals surface area (Å²) in [6, 6.07) is 6.24. The lowest BCUT2D eigenvalue weighted by molar-refractivity contribution is -0.0878. The number of aliphatic hydroxyl groups is 1. The topological polar surface area (TPSA) is 43.8 Å². The molecule has 1 aromatic rings. The first-order chi connectivity index (χ1) is 11.1. The average molecular weight is 342 g/mol. The van der Waals surface area contributed by atoms with Gasteiger partial charge in [0.1, 0.15) is 0 Å². The van der Waals surface area contributed by atoms with Gasteiger partial charge in [0, 0.05) is 38.9 Å². The number of allylic oxidation sites excluding steroid dienone is 2. The monoisotopic (exact) mass is 342 g/mol. The Morgan fingerprint density at radius 1 is 1.17 bits per heavy atom. The highest BCUT2D eigenvalue weighted by molar-refractivity contribution is 5.94. The van der Waals surface area contributed by atoms with E-state index in [9.17, 15) is 18.0 Å². The zero-order valence-corrected chi connectivity index (χ0v) is 13.9. The minimum atomic E-state index is -4.54. The summed E-state index contributed by atoms with van der Waals surface area (Å²) in [5, 5.41) is 9.04. The minimum Gasteiger partial charge on any atom is -0.395 e. The summed E-state index contributed by atoms with van der Waals surface area (Å²) in [4.78, 5) is 14.8. The van der Waals surface area contributed by atoms with Crippen molar-refractivity contribution in [1.29, 1.82) is 0 Å². The van der Waals surface area contributed by atoms with Crippen LogP contribution in [0, 0.1) is 0 Å². The molecule has 0 fully saturated rings. The summed E-state index contributed by atoms with van der Waals surface area (Å²) in [5.74, 6) is -0.199. The smallest absolute Gasteiger partial charge is 0.395 e. The number of carbonyl (C=O) groups is 1. The van der Waals surface area contributed by atoms with Gasteiger partial charge in [0.05, 0.1) is 12.2 Å². The van der Waals surface area contributed by atoms with Crippen molar-refractivity contribution in [2.24, 2.45) is 0 Å². The third-order valence-corrected chi connectivity index (χ3v) is 3.36. The van der Waals surface area contributed by atoms with Gasteiger partial charge in [-0.05, 0) is 23.8 Å². The second kappa shape index (κ2) is 8.01. The molecular weight excluding hydrogens is 321 g/mol. The molecule has 7 heteroatoms. The summed E-state index contributed by atoms with van der Waals surface area (Å²) in [6.07, 6.45) is -3.61. The van der Waals surface area contributed by atoms with Crippen LogP contribution in [-0.2, 0) is 0 Å². The summed E-state index contributed by atoms with van der Waals surface area (Å²) < 4.78 is 38.3. The molecule has 0 bridgehead atoms. The number of nitrogens with zero attached hydrogens (tertiary/aromatic N) is 2. The van der Waals surface area contributed by atoms with Gasteiger partial charge in [0.25, 0.3) is 5.91 Å². The maximum atomic E-state index is 12.8. The van der Waals surface area contributed by atoms with Crippen LogP contribution >= 0.6 is 0 Å². The molecule has 4 nitrogen and oxygen atoms in total. The number of carbonyl (C=O) groups excluding carboxylic acids is 1. The lowest BCUT2D eigenvalue weighted by Crippen LogP contribution is -2.23. The molecule has 0 heterocycles.